The van der Waals surface area contributed by atoms with Gasteiger partial charge in [-0.05, 0) is 6.92 Å². The van der Waals surface area contributed by atoms with Crippen molar-refractivity contribution in [2.75, 3.05) is 6.61 Å². The molecule has 0 bridgehead atoms. The van der Waals surface area contributed by atoms with E-state index in [2.05, 4.69) is 5.32 Å². The van der Waals surface area contributed by atoms with Gasteiger partial charge in [0, 0.05) is 18.9 Å². The van der Waals surface area contributed by atoms with Crippen molar-refractivity contribution in [3.8, 4) is 0 Å². The first-order chi connectivity index (χ1) is 5.25. The number of nitrogens with one attached hydrogen (secondary N) is 1. The van der Waals surface area contributed by atoms with Gasteiger partial charge >= 0.3 is 0 Å². The fourth-order valence-electron chi connectivity index (χ4n) is 0.789. The standard InChI is InChI=1S/C7H9NO3/c1-2-11-7-6(10)5(9)3-4-8-7/h3-4,7-8H,2H2,1H3. The smallest absolute Gasteiger partial charge is 0.251 e. The second-order valence-electron chi connectivity index (χ2n) is 2.06. The van der Waals surface area contributed by atoms with Gasteiger partial charge in [-0.3, -0.25) is 9.59 Å². The van der Waals surface area contributed by atoms with Crippen molar-refractivity contribution in [3.05, 3.63) is 12.3 Å². The molecule has 60 valence electrons. The summed E-state index contributed by atoms with van der Waals surface area (Å²) in [4.78, 5) is 21.6. The molecule has 4 heteroatoms. The molecule has 1 aliphatic heterocycles. The molecule has 0 radical (unpaired) electrons. The molecular formula is C7H9NO3. The summed E-state index contributed by atoms with van der Waals surface area (Å²) in [5, 5.41) is 2.63. The van der Waals surface area contributed by atoms with Crippen LogP contribution in [-0.4, -0.2) is 24.4 Å². The van der Waals surface area contributed by atoms with Gasteiger partial charge in [-0.1, -0.05) is 0 Å². The summed E-state index contributed by atoms with van der Waals surface area (Å²) < 4.78 is 4.93. The second kappa shape index (κ2) is 3.30. The van der Waals surface area contributed by atoms with Crippen LogP contribution in [0.15, 0.2) is 12.3 Å². The van der Waals surface area contributed by atoms with Gasteiger partial charge in [0.05, 0.1) is 0 Å². The zero-order valence-corrected chi connectivity index (χ0v) is 6.16. The largest absolute Gasteiger partial charge is 0.360 e. The van der Waals surface area contributed by atoms with Gasteiger partial charge in [-0.25, -0.2) is 0 Å². The third-order valence-corrected chi connectivity index (χ3v) is 1.30. The molecule has 0 spiro atoms. The van der Waals surface area contributed by atoms with Crippen LogP contribution in [0.3, 0.4) is 0 Å². The molecular weight excluding hydrogens is 146 g/mol. The number of hydrogen-bond acceptors (Lipinski definition) is 4. The molecule has 1 rings (SSSR count). The molecule has 0 saturated heterocycles. The van der Waals surface area contributed by atoms with E-state index < -0.39 is 17.8 Å². The van der Waals surface area contributed by atoms with E-state index in [1.807, 2.05) is 0 Å². The number of allylic oxidation sites excluding steroid dienone is 1. The maximum absolute atomic E-state index is 10.9. The van der Waals surface area contributed by atoms with Crippen LogP contribution >= 0.6 is 0 Å². The summed E-state index contributed by atoms with van der Waals surface area (Å²) in [6.45, 7) is 2.17. The van der Waals surface area contributed by atoms with Crippen molar-refractivity contribution >= 4 is 11.6 Å². The van der Waals surface area contributed by atoms with Crippen LogP contribution in [0, 0.1) is 0 Å². The SMILES string of the molecule is CCOC1NC=CC(=O)C1=O. The van der Waals surface area contributed by atoms with Crippen molar-refractivity contribution in [2.24, 2.45) is 0 Å². The first-order valence-corrected chi connectivity index (χ1v) is 3.38. The van der Waals surface area contributed by atoms with Crippen LogP contribution in [-0.2, 0) is 14.3 Å². The number of rotatable bonds is 2. The number of ether oxygens (including phenoxy) is 1. The van der Waals surface area contributed by atoms with E-state index >= 15 is 0 Å². The zero-order chi connectivity index (χ0) is 8.27. The average Bonchev–Trinajstić information content (AvgIpc) is 1.99. The molecule has 4 nitrogen and oxygen atoms in total. The Morgan fingerprint density at radius 1 is 1.64 bits per heavy atom. The van der Waals surface area contributed by atoms with Gasteiger partial charge in [-0.2, -0.15) is 0 Å². The lowest BCUT2D eigenvalue weighted by molar-refractivity contribution is -0.143. The van der Waals surface area contributed by atoms with E-state index in [0.29, 0.717) is 6.61 Å². The third-order valence-electron chi connectivity index (χ3n) is 1.30. The molecule has 0 aromatic carbocycles. The fourth-order valence-corrected chi connectivity index (χ4v) is 0.789. The minimum absolute atomic E-state index is 0.407. The second-order valence-corrected chi connectivity index (χ2v) is 2.06. The topological polar surface area (TPSA) is 55.4 Å². The summed E-state index contributed by atoms with van der Waals surface area (Å²) in [5.74, 6) is -1.04. The molecule has 0 saturated carbocycles. The Labute approximate surface area is 64.2 Å². The molecule has 0 aromatic rings. The molecule has 0 amide bonds. The van der Waals surface area contributed by atoms with Crippen LogP contribution in [0.1, 0.15) is 6.92 Å². The Kier molecular flexibility index (Phi) is 2.38. The van der Waals surface area contributed by atoms with E-state index in [0.717, 1.165) is 0 Å². The Hall–Kier alpha value is -1.16. The highest BCUT2D eigenvalue weighted by atomic mass is 16.5. The van der Waals surface area contributed by atoms with Crippen molar-refractivity contribution in [2.45, 2.75) is 13.2 Å². The molecule has 0 aliphatic carbocycles. The molecule has 11 heavy (non-hydrogen) atoms. The fraction of sp³-hybridized carbons (Fsp3) is 0.429. The van der Waals surface area contributed by atoms with Crippen molar-refractivity contribution < 1.29 is 14.3 Å². The van der Waals surface area contributed by atoms with Crippen LogP contribution in [0.25, 0.3) is 0 Å². The highest BCUT2D eigenvalue weighted by Gasteiger charge is 2.25. The van der Waals surface area contributed by atoms with E-state index in [9.17, 15) is 9.59 Å². The summed E-state index contributed by atoms with van der Waals surface area (Å²) in [6.07, 6.45) is 1.83. The van der Waals surface area contributed by atoms with Crippen LogP contribution < -0.4 is 5.32 Å². The minimum atomic E-state index is -0.780. The van der Waals surface area contributed by atoms with Crippen molar-refractivity contribution in [1.82, 2.24) is 5.32 Å². The highest BCUT2D eigenvalue weighted by molar-refractivity contribution is 6.43. The maximum atomic E-state index is 10.9. The van der Waals surface area contributed by atoms with Gasteiger partial charge in [0.25, 0.3) is 5.78 Å². The molecule has 0 aromatic heterocycles. The maximum Gasteiger partial charge on any atom is 0.251 e. The lowest BCUT2D eigenvalue weighted by Gasteiger charge is -2.16. The van der Waals surface area contributed by atoms with Gasteiger partial charge in [-0.15, -0.1) is 0 Å². The lowest BCUT2D eigenvalue weighted by Crippen LogP contribution is -2.42. The summed E-state index contributed by atoms with van der Waals surface area (Å²) in [7, 11) is 0. The summed E-state index contributed by atoms with van der Waals surface area (Å²) in [6, 6.07) is 0. The molecule has 1 heterocycles. The van der Waals surface area contributed by atoms with Crippen LogP contribution in [0.4, 0.5) is 0 Å². The van der Waals surface area contributed by atoms with Gasteiger partial charge in [0.1, 0.15) is 0 Å². The van der Waals surface area contributed by atoms with E-state index in [1.54, 1.807) is 6.92 Å². The molecule has 1 unspecified atom stereocenters. The Bertz CT molecular complexity index is 210. The number of ketones is 2. The average molecular weight is 155 g/mol. The van der Waals surface area contributed by atoms with Crippen molar-refractivity contribution in [1.29, 1.82) is 0 Å². The summed E-state index contributed by atoms with van der Waals surface area (Å²) in [5.41, 5.74) is 0. The Balaban J connectivity index is 2.63. The number of Topliss-reactive ketones (excluding diaryl/α,β-unsaturated/α-hetero) is 1. The van der Waals surface area contributed by atoms with E-state index in [-0.39, 0.29) is 0 Å². The van der Waals surface area contributed by atoms with E-state index in [4.69, 9.17) is 4.74 Å². The lowest BCUT2D eigenvalue weighted by atomic mass is 10.2. The molecule has 1 aliphatic rings. The quantitative estimate of drug-likeness (QED) is 0.551. The van der Waals surface area contributed by atoms with Gasteiger partial charge in [0.15, 0.2) is 6.23 Å². The predicted molar refractivity (Wildman–Crippen MR) is 37.7 cm³/mol. The van der Waals surface area contributed by atoms with Gasteiger partial charge in [0.2, 0.25) is 5.78 Å². The normalized spacial score (nSPS) is 23.5. The Morgan fingerprint density at radius 3 is 3.00 bits per heavy atom. The number of hydrogen-bond donors (Lipinski definition) is 1. The van der Waals surface area contributed by atoms with E-state index in [1.165, 1.54) is 12.3 Å². The van der Waals surface area contributed by atoms with Crippen LogP contribution in [0.2, 0.25) is 0 Å². The minimum Gasteiger partial charge on any atom is -0.360 e. The highest BCUT2D eigenvalue weighted by Crippen LogP contribution is 1.97. The Morgan fingerprint density at radius 2 is 2.36 bits per heavy atom. The first-order valence-electron chi connectivity index (χ1n) is 3.38. The van der Waals surface area contributed by atoms with Crippen molar-refractivity contribution in [3.63, 3.8) is 0 Å². The predicted octanol–water partition coefficient (Wildman–Crippen LogP) is -0.396. The first kappa shape index (κ1) is 7.94. The zero-order valence-electron chi connectivity index (χ0n) is 6.16. The summed E-state index contributed by atoms with van der Waals surface area (Å²) >= 11 is 0. The molecule has 0 fully saturated rings. The number of carbonyl (C=O) groups is 2. The van der Waals surface area contributed by atoms with Crippen LogP contribution in [0.5, 0.6) is 0 Å². The molecule has 1 N–H and O–H groups in total. The number of carbonyl (C=O) groups excluding carboxylic acids is 2. The molecule has 1 atom stereocenters. The monoisotopic (exact) mass is 155 g/mol. The third kappa shape index (κ3) is 1.65. The van der Waals surface area contributed by atoms with Gasteiger partial charge < -0.3 is 10.1 Å².